The van der Waals surface area contributed by atoms with Crippen LogP contribution in [0.5, 0.6) is 0 Å². The van der Waals surface area contributed by atoms with Crippen LogP contribution in [0.1, 0.15) is 27.7 Å². The van der Waals surface area contributed by atoms with Gasteiger partial charge in [0.25, 0.3) is 5.91 Å². The van der Waals surface area contributed by atoms with Crippen molar-refractivity contribution in [3.63, 3.8) is 0 Å². The highest BCUT2D eigenvalue weighted by atomic mass is 32.1. The molecule has 23 heavy (non-hydrogen) atoms. The summed E-state index contributed by atoms with van der Waals surface area (Å²) < 4.78 is 4.94. The van der Waals surface area contributed by atoms with Crippen molar-refractivity contribution in [1.29, 1.82) is 0 Å². The highest BCUT2D eigenvalue weighted by Gasteiger charge is 2.22. The van der Waals surface area contributed by atoms with Crippen molar-refractivity contribution in [3.8, 4) is 0 Å². The minimum Gasteiger partial charge on any atom is -0.452 e. The number of hydrogen-bond donors (Lipinski definition) is 3. The SMILES string of the molecule is CNC(=O)CNC(=O)COC(=O)c1c(NC(C)=O)sc(C)c1C. The van der Waals surface area contributed by atoms with Crippen molar-refractivity contribution in [1.82, 2.24) is 10.6 Å². The Kier molecular flexibility index (Phi) is 6.70. The molecule has 1 aromatic rings. The van der Waals surface area contributed by atoms with Crippen molar-refractivity contribution >= 4 is 40.0 Å². The largest absolute Gasteiger partial charge is 0.452 e. The number of carbonyl (C=O) groups excluding carboxylic acids is 4. The lowest BCUT2D eigenvalue weighted by atomic mass is 10.1. The Morgan fingerprint density at radius 2 is 1.78 bits per heavy atom. The first-order valence-corrected chi connectivity index (χ1v) is 7.59. The van der Waals surface area contributed by atoms with Crippen molar-refractivity contribution in [2.24, 2.45) is 0 Å². The fourth-order valence-corrected chi connectivity index (χ4v) is 2.74. The molecule has 0 aromatic carbocycles. The first-order valence-electron chi connectivity index (χ1n) is 6.78. The molecule has 126 valence electrons. The quantitative estimate of drug-likeness (QED) is 0.646. The van der Waals surface area contributed by atoms with Gasteiger partial charge in [0, 0.05) is 18.8 Å². The molecule has 0 bridgehead atoms. The lowest BCUT2D eigenvalue weighted by Gasteiger charge is -2.08. The van der Waals surface area contributed by atoms with Crippen molar-refractivity contribution in [2.75, 3.05) is 25.5 Å². The van der Waals surface area contributed by atoms with Crippen LogP contribution in [-0.2, 0) is 19.1 Å². The fraction of sp³-hybridized carbons (Fsp3) is 0.429. The molecule has 1 rings (SSSR count). The lowest BCUT2D eigenvalue weighted by molar-refractivity contribution is -0.127. The average Bonchev–Trinajstić information content (AvgIpc) is 2.76. The molecule has 0 aliphatic heterocycles. The van der Waals surface area contributed by atoms with Crippen LogP contribution < -0.4 is 16.0 Å². The Morgan fingerprint density at radius 3 is 2.35 bits per heavy atom. The Hall–Kier alpha value is -2.42. The molecule has 8 nitrogen and oxygen atoms in total. The third-order valence-corrected chi connectivity index (χ3v) is 4.06. The van der Waals surface area contributed by atoms with E-state index in [1.165, 1.54) is 25.3 Å². The molecule has 0 fully saturated rings. The van der Waals surface area contributed by atoms with E-state index in [0.29, 0.717) is 10.6 Å². The highest BCUT2D eigenvalue weighted by molar-refractivity contribution is 7.16. The maximum atomic E-state index is 12.2. The van der Waals surface area contributed by atoms with Crippen molar-refractivity contribution in [2.45, 2.75) is 20.8 Å². The van der Waals surface area contributed by atoms with Crippen LogP contribution in [0.3, 0.4) is 0 Å². The summed E-state index contributed by atoms with van der Waals surface area (Å²) >= 11 is 1.26. The maximum absolute atomic E-state index is 12.2. The number of ether oxygens (including phenoxy) is 1. The van der Waals surface area contributed by atoms with Gasteiger partial charge in [-0.05, 0) is 19.4 Å². The summed E-state index contributed by atoms with van der Waals surface area (Å²) in [7, 11) is 1.44. The Morgan fingerprint density at radius 1 is 1.13 bits per heavy atom. The summed E-state index contributed by atoms with van der Waals surface area (Å²) in [6.07, 6.45) is 0. The predicted octanol–water partition coefficient (Wildman–Crippen LogP) is 0.342. The van der Waals surface area contributed by atoms with Gasteiger partial charge in [-0.3, -0.25) is 14.4 Å². The molecule has 0 aliphatic rings. The van der Waals surface area contributed by atoms with Gasteiger partial charge in [0.2, 0.25) is 11.8 Å². The van der Waals surface area contributed by atoms with Gasteiger partial charge in [0.1, 0.15) is 5.00 Å². The monoisotopic (exact) mass is 341 g/mol. The summed E-state index contributed by atoms with van der Waals surface area (Å²) in [6, 6.07) is 0. The van der Waals surface area contributed by atoms with Crippen molar-refractivity contribution in [3.05, 3.63) is 16.0 Å². The molecule has 0 unspecified atom stereocenters. The zero-order valence-corrected chi connectivity index (χ0v) is 14.2. The molecule has 0 saturated heterocycles. The van der Waals surface area contributed by atoms with Crippen LogP contribution in [0.2, 0.25) is 0 Å². The smallest absolute Gasteiger partial charge is 0.341 e. The normalized spacial score (nSPS) is 9.91. The van der Waals surface area contributed by atoms with E-state index in [9.17, 15) is 19.2 Å². The molecule has 0 atom stereocenters. The Labute approximate surface area is 137 Å². The highest BCUT2D eigenvalue weighted by Crippen LogP contribution is 2.32. The minimum atomic E-state index is -0.703. The van der Waals surface area contributed by atoms with Crippen LogP contribution in [0.25, 0.3) is 0 Å². The number of esters is 1. The predicted molar refractivity (Wildman–Crippen MR) is 85.5 cm³/mol. The standard InChI is InChI=1S/C14H19N3O5S/c1-7-8(2)23-13(17-9(3)18)12(7)14(21)22-6-11(20)16-5-10(19)15-4/h5-6H2,1-4H3,(H,15,19)(H,16,20)(H,17,18). The number of amides is 3. The third-order valence-electron chi connectivity index (χ3n) is 2.94. The van der Waals surface area contributed by atoms with Crippen LogP contribution in [-0.4, -0.2) is 43.9 Å². The number of anilines is 1. The second-order valence-electron chi connectivity index (χ2n) is 4.69. The van der Waals surface area contributed by atoms with E-state index in [0.717, 1.165) is 4.88 Å². The van der Waals surface area contributed by atoms with Gasteiger partial charge < -0.3 is 20.7 Å². The molecule has 3 N–H and O–H groups in total. The first-order chi connectivity index (χ1) is 10.8. The summed E-state index contributed by atoms with van der Waals surface area (Å²) in [4.78, 5) is 46.7. The second-order valence-corrected chi connectivity index (χ2v) is 5.92. The zero-order chi connectivity index (χ0) is 17.6. The third kappa shape index (κ3) is 5.37. The van der Waals surface area contributed by atoms with Gasteiger partial charge in [-0.15, -0.1) is 11.3 Å². The van der Waals surface area contributed by atoms with E-state index >= 15 is 0 Å². The molecular weight excluding hydrogens is 322 g/mol. The van der Waals surface area contributed by atoms with Gasteiger partial charge in [0.15, 0.2) is 6.61 Å². The summed E-state index contributed by atoms with van der Waals surface area (Å²) in [5, 5.41) is 7.63. The van der Waals surface area contributed by atoms with Gasteiger partial charge in [-0.1, -0.05) is 0 Å². The van der Waals surface area contributed by atoms with E-state index in [1.807, 2.05) is 6.92 Å². The number of carbonyl (C=O) groups is 4. The van der Waals surface area contributed by atoms with Crippen LogP contribution in [0.15, 0.2) is 0 Å². The summed E-state index contributed by atoms with van der Waals surface area (Å²) in [6.45, 7) is 4.19. The summed E-state index contributed by atoms with van der Waals surface area (Å²) in [5.41, 5.74) is 0.927. The van der Waals surface area contributed by atoms with Crippen molar-refractivity contribution < 1.29 is 23.9 Å². The minimum absolute atomic E-state index is 0.194. The molecule has 1 heterocycles. The lowest BCUT2D eigenvalue weighted by Crippen LogP contribution is -2.37. The van der Waals surface area contributed by atoms with Gasteiger partial charge in [-0.25, -0.2) is 4.79 Å². The van der Waals surface area contributed by atoms with Gasteiger partial charge in [0.05, 0.1) is 12.1 Å². The van der Waals surface area contributed by atoms with E-state index in [4.69, 9.17) is 4.74 Å². The second kappa shape index (κ2) is 8.28. The number of aryl methyl sites for hydroxylation is 1. The van der Waals surface area contributed by atoms with Gasteiger partial charge >= 0.3 is 5.97 Å². The first kappa shape index (κ1) is 18.6. The average molecular weight is 341 g/mol. The van der Waals surface area contributed by atoms with Crippen LogP contribution in [0, 0.1) is 13.8 Å². The number of hydrogen-bond acceptors (Lipinski definition) is 6. The molecule has 0 spiro atoms. The molecule has 9 heteroatoms. The van der Waals surface area contributed by atoms with Gasteiger partial charge in [-0.2, -0.15) is 0 Å². The van der Waals surface area contributed by atoms with E-state index < -0.39 is 18.5 Å². The molecule has 0 radical (unpaired) electrons. The van der Waals surface area contributed by atoms with E-state index in [2.05, 4.69) is 16.0 Å². The molecule has 3 amide bonds. The number of thiophene rings is 1. The number of nitrogens with one attached hydrogen (secondary N) is 3. The Balaban J connectivity index is 2.69. The summed E-state index contributed by atoms with van der Waals surface area (Å²) in [5.74, 6) is -1.95. The molecular formula is C14H19N3O5S. The molecule has 0 saturated carbocycles. The van der Waals surface area contributed by atoms with E-state index in [1.54, 1.807) is 6.92 Å². The topological polar surface area (TPSA) is 114 Å². The number of rotatable bonds is 6. The van der Waals surface area contributed by atoms with E-state index in [-0.39, 0.29) is 23.9 Å². The maximum Gasteiger partial charge on any atom is 0.341 e. The number of likely N-dealkylation sites (N-methyl/N-ethyl adjacent to an activating group) is 1. The van der Waals surface area contributed by atoms with Crippen LogP contribution in [0.4, 0.5) is 5.00 Å². The zero-order valence-electron chi connectivity index (χ0n) is 13.4. The Bertz CT molecular complexity index is 639. The fourth-order valence-electron chi connectivity index (χ4n) is 1.64. The molecule has 1 aromatic heterocycles. The molecule has 0 aliphatic carbocycles. The van der Waals surface area contributed by atoms with Crippen LogP contribution >= 0.6 is 11.3 Å².